The van der Waals surface area contributed by atoms with Crippen molar-refractivity contribution in [2.24, 2.45) is 0 Å². The molecular formula is C8H8F3N3O. The van der Waals surface area contributed by atoms with E-state index in [0.717, 1.165) is 17.6 Å². The molecule has 0 saturated carbocycles. The van der Waals surface area contributed by atoms with Crippen LogP contribution < -0.4 is 10.9 Å². The summed E-state index contributed by atoms with van der Waals surface area (Å²) in [6.45, 7) is 0.555. The normalized spacial score (nSPS) is 24.8. The van der Waals surface area contributed by atoms with Gasteiger partial charge in [-0.25, -0.2) is 4.98 Å². The van der Waals surface area contributed by atoms with Crippen molar-refractivity contribution in [3.8, 4) is 0 Å². The number of fused-ring (bicyclic) bond motifs is 1. The van der Waals surface area contributed by atoms with E-state index in [1.165, 1.54) is 6.20 Å². The van der Waals surface area contributed by atoms with Crippen molar-refractivity contribution in [2.45, 2.75) is 25.2 Å². The quantitative estimate of drug-likeness (QED) is 0.707. The van der Waals surface area contributed by atoms with Gasteiger partial charge in [-0.2, -0.15) is 13.2 Å². The van der Waals surface area contributed by atoms with Gasteiger partial charge in [-0.15, -0.1) is 0 Å². The Morgan fingerprint density at radius 1 is 1.60 bits per heavy atom. The second-order valence-corrected chi connectivity index (χ2v) is 3.65. The average molecular weight is 219 g/mol. The molecule has 1 unspecified atom stereocenters. The van der Waals surface area contributed by atoms with Gasteiger partial charge in [0.1, 0.15) is 0 Å². The minimum Gasteiger partial charge on any atom is -0.340 e. The molecule has 1 N–H and O–H groups in total. The Balaban J connectivity index is 2.46. The topological polar surface area (TPSA) is 46.9 Å². The van der Waals surface area contributed by atoms with Gasteiger partial charge >= 0.3 is 6.18 Å². The first-order valence-electron chi connectivity index (χ1n) is 4.24. The number of anilines is 1. The van der Waals surface area contributed by atoms with Crippen LogP contribution in [0.3, 0.4) is 0 Å². The Kier molecular flexibility index (Phi) is 1.83. The maximum absolute atomic E-state index is 12.6. The summed E-state index contributed by atoms with van der Waals surface area (Å²) in [5.41, 5.74) is -2.60. The van der Waals surface area contributed by atoms with Crippen molar-refractivity contribution in [3.05, 3.63) is 22.6 Å². The zero-order valence-electron chi connectivity index (χ0n) is 7.80. The van der Waals surface area contributed by atoms with Gasteiger partial charge in [-0.3, -0.25) is 9.36 Å². The first kappa shape index (κ1) is 10.0. The molecule has 0 saturated heterocycles. The predicted molar refractivity (Wildman–Crippen MR) is 46.6 cm³/mol. The number of nitrogens with one attached hydrogen (secondary N) is 1. The fourth-order valence-electron chi connectivity index (χ4n) is 1.45. The summed E-state index contributed by atoms with van der Waals surface area (Å²) in [7, 11) is 0. The molecule has 2 rings (SSSR count). The molecule has 0 aromatic carbocycles. The number of halogens is 3. The third-order valence-electron chi connectivity index (χ3n) is 2.42. The van der Waals surface area contributed by atoms with Gasteiger partial charge in [-0.05, 0) is 6.92 Å². The lowest BCUT2D eigenvalue weighted by Gasteiger charge is -2.26. The minimum atomic E-state index is -4.42. The Morgan fingerprint density at radius 3 is 2.80 bits per heavy atom. The van der Waals surface area contributed by atoms with E-state index >= 15 is 0 Å². The SMILES string of the molecule is CC1(C(F)(F)F)Cn2c(nccc2=O)N1. The summed E-state index contributed by atoms with van der Waals surface area (Å²) in [6, 6.07) is 1.13. The highest BCUT2D eigenvalue weighted by molar-refractivity contribution is 5.36. The van der Waals surface area contributed by atoms with Crippen molar-refractivity contribution >= 4 is 5.95 Å². The molecular weight excluding hydrogens is 211 g/mol. The first-order chi connectivity index (χ1) is 6.83. The molecule has 2 heterocycles. The van der Waals surface area contributed by atoms with Crippen LogP contribution in [0, 0.1) is 0 Å². The zero-order valence-corrected chi connectivity index (χ0v) is 7.80. The van der Waals surface area contributed by atoms with Crippen LogP contribution in [0.25, 0.3) is 0 Å². The molecule has 1 atom stereocenters. The van der Waals surface area contributed by atoms with Gasteiger partial charge in [0.05, 0.1) is 6.54 Å². The maximum Gasteiger partial charge on any atom is 0.412 e. The Labute approximate surface area is 82.7 Å². The molecule has 0 amide bonds. The third-order valence-corrected chi connectivity index (χ3v) is 2.42. The predicted octanol–water partition coefficient (Wildman–Crippen LogP) is 0.990. The van der Waals surface area contributed by atoms with Crippen molar-refractivity contribution < 1.29 is 13.2 Å². The fraction of sp³-hybridized carbons (Fsp3) is 0.500. The summed E-state index contributed by atoms with van der Waals surface area (Å²) in [4.78, 5) is 14.9. The highest BCUT2D eigenvalue weighted by Gasteiger charge is 2.55. The molecule has 0 radical (unpaired) electrons. The highest BCUT2D eigenvalue weighted by Crippen LogP contribution is 2.37. The number of nitrogens with zero attached hydrogens (tertiary/aromatic N) is 2. The van der Waals surface area contributed by atoms with Crippen molar-refractivity contribution in [3.63, 3.8) is 0 Å². The van der Waals surface area contributed by atoms with E-state index in [-0.39, 0.29) is 5.95 Å². The summed E-state index contributed by atoms with van der Waals surface area (Å²) in [5.74, 6) is -0.0395. The van der Waals surface area contributed by atoms with E-state index in [2.05, 4.69) is 10.3 Å². The van der Waals surface area contributed by atoms with Crippen LogP contribution in [0.2, 0.25) is 0 Å². The number of hydrogen-bond acceptors (Lipinski definition) is 3. The average Bonchev–Trinajstić information content (AvgIpc) is 2.43. The molecule has 0 aliphatic carbocycles. The van der Waals surface area contributed by atoms with Gasteiger partial charge in [0.2, 0.25) is 5.95 Å². The largest absolute Gasteiger partial charge is 0.412 e. The second-order valence-electron chi connectivity index (χ2n) is 3.65. The lowest BCUT2D eigenvalue weighted by atomic mass is 10.0. The summed E-state index contributed by atoms with van der Waals surface area (Å²) in [5, 5.41) is 2.22. The molecule has 1 aromatic heterocycles. The number of hydrogen-bond donors (Lipinski definition) is 1. The lowest BCUT2D eigenvalue weighted by molar-refractivity contribution is -0.174. The van der Waals surface area contributed by atoms with Crippen LogP contribution in [-0.4, -0.2) is 21.3 Å². The molecule has 4 nitrogen and oxygen atoms in total. The van der Waals surface area contributed by atoms with Crippen LogP contribution in [0.4, 0.5) is 19.1 Å². The summed E-state index contributed by atoms with van der Waals surface area (Å²) < 4.78 is 38.9. The maximum atomic E-state index is 12.6. The molecule has 15 heavy (non-hydrogen) atoms. The number of rotatable bonds is 0. The summed E-state index contributed by atoms with van der Waals surface area (Å²) in [6.07, 6.45) is -3.24. The lowest BCUT2D eigenvalue weighted by Crippen LogP contribution is -2.48. The van der Waals surface area contributed by atoms with Gasteiger partial charge in [0, 0.05) is 12.3 Å². The van der Waals surface area contributed by atoms with E-state index in [4.69, 9.17) is 0 Å². The van der Waals surface area contributed by atoms with E-state index < -0.39 is 23.8 Å². The minimum absolute atomic E-state index is 0.0395. The Hall–Kier alpha value is -1.53. The van der Waals surface area contributed by atoms with Gasteiger partial charge in [0.25, 0.3) is 5.56 Å². The standard InChI is InChI=1S/C8H8F3N3O/c1-7(8(9,10)11)4-14-5(15)2-3-12-6(14)13-7/h2-3H,4H2,1H3,(H,12,13). The third kappa shape index (κ3) is 1.38. The molecule has 1 aliphatic rings. The van der Waals surface area contributed by atoms with Crippen LogP contribution in [0.1, 0.15) is 6.92 Å². The monoisotopic (exact) mass is 219 g/mol. The molecule has 82 valence electrons. The first-order valence-corrected chi connectivity index (χ1v) is 4.24. The molecule has 0 spiro atoms. The Bertz CT molecular complexity index is 453. The van der Waals surface area contributed by atoms with Gasteiger partial charge in [-0.1, -0.05) is 0 Å². The van der Waals surface area contributed by atoms with Gasteiger partial charge < -0.3 is 5.32 Å². The molecule has 0 bridgehead atoms. The second kappa shape index (κ2) is 2.74. The molecule has 0 fully saturated rings. The van der Waals surface area contributed by atoms with E-state index in [1.807, 2.05) is 0 Å². The molecule has 1 aliphatic heterocycles. The number of aromatic nitrogens is 2. The fourth-order valence-corrected chi connectivity index (χ4v) is 1.45. The van der Waals surface area contributed by atoms with Crippen LogP contribution in [-0.2, 0) is 6.54 Å². The van der Waals surface area contributed by atoms with Crippen molar-refractivity contribution in [1.82, 2.24) is 9.55 Å². The zero-order chi connectivity index (χ0) is 11.3. The van der Waals surface area contributed by atoms with Crippen LogP contribution in [0.15, 0.2) is 17.1 Å². The van der Waals surface area contributed by atoms with Crippen molar-refractivity contribution in [1.29, 1.82) is 0 Å². The smallest absolute Gasteiger partial charge is 0.340 e. The van der Waals surface area contributed by atoms with Crippen LogP contribution in [0.5, 0.6) is 0 Å². The van der Waals surface area contributed by atoms with Gasteiger partial charge in [0.15, 0.2) is 5.54 Å². The molecule has 7 heteroatoms. The van der Waals surface area contributed by atoms with E-state index in [0.29, 0.717) is 0 Å². The Morgan fingerprint density at radius 2 is 2.27 bits per heavy atom. The van der Waals surface area contributed by atoms with Crippen LogP contribution >= 0.6 is 0 Å². The van der Waals surface area contributed by atoms with Crippen molar-refractivity contribution in [2.75, 3.05) is 5.32 Å². The summed E-state index contributed by atoms with van der Waals surface area (Å²) >= 11 is 0. The van der Waals surface area contributed by atoms with E-state index in [1.54, 1.807) is 0 Å². The highest BCUT2D eigenvalue weighted by atomic mass is 19.4. The number of alkyl halides is 3. The molecule has 1 aromatic rings. The van der Waals surface area contributed by atoms with E-state index in [9.17, 15) is 18.0 Å².